The molecule has 8 heteroatoms. The number of aliphatic carboxylic acids is 1. The summed E-state index contributed by atoms with van der Waals surface area (Å²) in [6.07, 6.45) is 4.08. The summed E-state index contributed by atoms with van der Waals surface area (Å²) < 4.78 is 12.3. The number of carboxylic acids is 1. The first-order valence-electron chi connectivity index (χ1n) is 15.3. The summed E-state index contributed by atoms with van der Waals surface area (Å²) in [6, 6.07) is 11.4. The fourth-order valence-corrected chi connectivity index (χ4v) is 7.70. The van der Waals surface area contributed by atoms with E-state index in [4.69, 9.17) is 14.5 Å². The number of carboxylic acid groups (broad SMARTS) is 1. The molecule has 0 radical (unpaired) electrons. The van der Waals surface area contributed by atoms with E-state index in [1.807, 2.05) is 13.8 Å². The Morgan fingerprint density at radius 1 is 1.24 bits per heavy atom. The normalized spacial score (nSPS) is 24.8. The molecule has 2 saturated heterocycles. The number of anilines is 1. The monoisotopic (exact) mass is 589 g/mol. The first-order valence-corrected chi connectivity index (χ1v) is 16.2. The number of aromatic nitrogens is 1. The molecule has 1 aromatic heterocycles. The third kappa shape index (κ3) is 5.69. The largest absolute Gasteiger partial charge is 0.488 e. The second-order valence-corrected chi connectivity index (χ2v) is 13.6. The third-order valence-electron chi connectivity index (χ3n) is 9.91. The Morgan fingerprint density at radius 3 is 2.86 bits per heavy atom. The lowest BCUT2D eigenvalue weighted by atomic mass is 9.73. The Balaban J connectivity index is 1.16. The van der Waals surface area contributed by atoms with E-state index in [0.717, 1.165) is 66.8 Å². The SMILES string of the molecule is Cc1cc(COc2c(C)cccc2-c2csc(N3CC[C@](C)(C(=O)O)[C@@H](C)C3)n2)cc2c1CN(C1CCCOC1)CC2. The number of piperidine rings is 1. The fraction of sp³-hybridized carbons (Fsp3) is 0.529. The first-order chi connectivity index (χ1) is 20.2. The zero-order chi connectivity index (χ0) is 29.4. The number of aryl methyl sites for hydroxylation is 2. The van der Waals surface area contributed by atoms with Gasteiger partial charge in [-0.1, -0.05) is 31.2 Å². The van der Waals surface area contributed by atoms with Crippen molar-refractivity contribution in [3.05, 3.63) is 63.5 Å². The molecule has 3 aliphatic rings. The molecule has 2 fully saturated rings. The van der Waals surface area contributed by atoms with Gasteiger partial charge < -0.3 is 19.5 Å². The van der Waals surface area contributed by atoms with Crippen molar-refractivity contribution in [2.75, 3.05) is 37.7 Å². The molecule has 0 aliphatic carbocycles. The van der Waals surface area contributed by atoms with Gasteiger partial charge in [-0.2, -0.15) is 0 Å². The molecule has 7 nitrogen and oxygen atoms in total. The van der Waals surface area contributed by atoms with Crippen LogP contribution in [0.3, 0.4) is 0 Å². The molecule has 0 amide bonds. The zero-order valence-electron chi connectivity index (χ0n) is 25.3. The van der Waals surface area contributed by atoms with Gasteiger partial charge in [0.05, 0.1) is 17.7 Å². The number of para-hydroxylation sites is 1. The highest BCUT2D eigenvalue weighted by atomic mass is 32.1. The van der Waals surface area contributed by atoms with Gasteiger partial charge in [-0.25, -0.2) is 4.98 Å². The van der Waals surface area contributed by atoms with E-state index in [9.17, 15) is 9.90 Å². The summed E-state index contributed by atoms with van der Waals surface area (Å²) in [5, 5.41) is 12.8. The summed E-state index contributed by atoms with van der Waals surface area (Å²) in [7, 11) is 0. The first kappa shape index (κ1) is 29.1. The maximum Gasteiger partial charge on any atom is 0.309 e. The highest BCUT2D eigenvalue weighted by Gasteiger charge is 2.43. The van der Waals surface area contributed by atoms with E-state index in [2.05, 4.69) is 59.4 Å². The van der Waals surface area contributed by atoms with E-state index in [-0.39, 0.29) is 5.92 Å². The van der Waals surface area contributed by atoms with E-state index < -0.39 is 11.4 Å². The number of benzene rings is 2. The zero-order valence-corrected chi connectivity index (χ0v) is 26.1. The van der Waals surface area contributed by atoms with E-state index in [1.54, 1.807) is 11.3 Å². The van der Waals surface area contributed by atoms with Gasteiger partial charge >= 0.3 is 5.97 Å². The van der Waals surface area contributed by atoms with Crippen LogP contribution in [0, 0.1) is 25.2 Å². The Labute approximate surface area is 253 Å². The molecule has 42 heavy (non-hydrogen) atoms. The number of thiazole rings is 1. The maximum atomic E-state index is 11.9. The lowest BCUT2D eigenvalue weighted by Gasteiger charge is -2.41. The van der Waals surface area contributed by atoms with Crippen LogP contribution in [0.25, 0.3) is 11.3 Å². The molecule has 3 atom stereocenters. The van der Waals surface area contributed by atoms with Crippen LogP contribution in [0.1, 0.15) is 60.9 Å². The summed E-state index contributed by atoms with van der Waals surface area (Å²) in [5.74, 6) is 0.207. The number of hydrogen-bond acceptors (Lipinski definition) is 7. The topological polar surface area (TPSA) is 75.1 Å². The Kier molecular flexibility index (Phi) is 8.31. The van der Waals surface area contributed by atoms with E-state index in [0.29, 0.717) is 32.2 Å². The number of rotatable bonds is 7. The van der Waals surface area contributed by atoms with Crippen LogP contribution in [-0.2, 0) is 29.1 Å². The molecular weight excluding hydrogens is 546 g/mol. The Hall–Kier alpha value is -2.94. The highest BCUT2D eigenvalue weighted by molar-refractivity contribution is 7.14. The smallest absolute Gasteiger partial charge is 0.309 e. The van der Waals surface area contributed by atoms with Gasteiger partial charge in [-0.3, -0.25) is 9.69 Å². The van der Waals surface area contributed by atoms with Gasteiger partial charge in [0.1, 0.15) is 12.4 Å². The molecule has 0 saturated carbocycles. The van der Waals surface area contributed by atoms with Crippen LogP contribution in [0.2, 0.25) is 0 Å². The molecule has 4 heterocycles. The van der Waals surface area contributed by atoms with Crippen LogP contribution in [0.4, 0.5) is 5.13 Å². The minimum atomic E-state index is -0.707. The number of ether oxygens (including phenoxy) is 2. The van der Waals surface area contributed by atoms with Gasteiger partial charge in [-0.15, -0.1) is 11.3 Å². The predicted octanol–water partition coefficient (Wildman–Crippen LogP) is 6.48. The van der Waals surface area contributed by atoms with Crippen LogP contribution in [-0.4, -0.2) is 59.8 Å². The van der Waals surface area contributed by atoms with Gasteiger partial charge in [-0.05, 0) is 86.3 Å². The Morgan fingerprint density at radius 2 is 2.10 bits per heavy atom. The van der Waals surface area contributed by atoms with Crippen LogP contribution < -0.4 is 9.64 Å². The lowest BCUT2D eigenvalue weighted by Crippen LogP contribution is -2.48. The second kappa shape index (κ2) is 12.0. The molecule has 0 bridgehead atoms. The van der Waals surface area contributed by atoms with Crippen LogP contribution >= 0.6 is 11.3 Å². The summed E-state index contributed by atoms with van der Waals surface area (Å²) in [6.45, 7) is 14.0. The standard InChI is InChI=1S/C34H43N3O4S/c1-22-7-5-9-28(30-21-42-33(35-30)37-13-11-34(4,32(38)39)24(3)17-37)31(22)41-19-25-15-23(2)29-18-36(12-10-26(29)16-25)27-8-6-14-40-20-27/h5,7,9,15-16,21,24,27H,6,8,10-14,17-20H2,1-4H3,(H,38,39)/t24-,27?,34-/m0/s1. The minimum absolute atomic E-state index is 0.0402. The van der Waals surface area contributed by atoms with Crippen molar-refractivity contribution >= 4 is 22.4 Å². The van der Waals surface area contributed by atoms with Crippen LogP contribution in [0.15, 0.2) is 35.7 Å². The molecule has 6 rings (SSSR count). The summed E-state index contributed by atoms with van der Waals surface area (Å²) in [4.78, 5) is 21.7. The quantitative estimate of drug-likeness (QED) is 0.338. The summed E-state index contributed by atoms with van der Waals surface area (Å²) >= 11 is 1.62. The average Bonchev–Trinajstić information content (AvgIpc) is 3.48. The van der Waals surface area contributed by atoms with Crippen LogP contribution in [0.5, 0.6) is 5.75 Å². The van der Waals surface area contributed by atoms with E-state index in [1.165, 1.54) is 28.7 Å². The van der Waals surface area contributed by atoms with Crippen molar-refractivity contribution in [3.8, 4) is 17.0 Å². The Bertz CT molecular complexity index is 1450. The van der Waals surface area contributed by atoms with Crippen molar-refractivity contribution in [1.82, 2.24) is 9.88 Å². The van der Waals surface area contributed by atoms with Crippen molar-refractivity contribution in [3.63, 3.8) is 0 Å². The number of carbonyl (C=O) groups is 1. The van der Waals surface area contributed by atoms with Crippen molar-refractivity contribution < 1.29 is 19.4 Å². The molecule has 1 unspecified atom stereocenters. The van der Waals surface area contributed by atoms with Crippen molar-refractivity contribution in [1.29, 1.82) is 0 Å². The van der Waals surface area contributed by atoms with Gasteiger partial charge in [0, 0.05) is 49.8 Å². The van der Waals surface area contributed by atoms with Gasteiger partial charge in [0.2, 0.25) is 0 Å². The fourth-order valence-electron chi connectivity index (χ4n) is 6.84. The predicted molar refractivity (Wildman–Crippen MR) is 167 cm³/mol. The van der Waals surface area contributed by atoms with Gasteiger partial charge in [0.25, 0.3) is 0 Å². The van der Waals surface area contributed by atoms with Crippen molar-refractivity contribution in [2.45, 2.75) is 72.6 Å². The number of nitrogens with zero attached hydrogens (tertiary/aromatic N) is 3. The lowest BCUT2D eigenvalue weighted by molar-refractivity contribution is -0.152. The van der Waals surface area contributed by atoms with Gasteiger partial charge in [0.15, 0.2) is 5.13 Å². The minimum Gasteiger partial charge on any atom is -0.488 e. The molecular formula is C34H43N3O4S. The molecule has 3 aromatic rings. The van der Waals surface area contributed by atoms with E-state index >= 15 is 0 Å². The molecule has 224 valence electrons. The molecule has 0 spiro atoms. The number of hydrogen-bond donors (Lipinski definition) is 1. The maximum absolute atomic E-state index is 11.9. The second-order valence-electron chi connectivity index (χ2n) is 12.7. The molecule has 3 aliphatic heterocycles. The molecule has 1 N–H and O–H groups in total. The number of fused-ring (bicyclic) bond motifs is 1. The highest BCUT2D eigenvalue weighted by Crippen LogP contribution is 2.41. The summed E-state index contributed by atoms with van der Waals surface area (Å²) in [5.41, 5.74) is 7.77. The average molecular weight is 590 g/mol. The van der Waals surface area contributed by atoms with Crippen molar-refractivity contribution in [2.24, 2.45) is 11.3 Å². The molecule has 2 aromatic carbocycles. The third-order valence-corrected chi connectivity index (χ3v) is 10.8.